The van der Waals surface area contributed by atoms with E-state index in [4.69, 9.17) is 9.47 Å². The van der Waals surface area contributed by atoms with E-state index in [2.05, 4.69) is 0 Å². The third-order valence-electron chi connectivity index (χ3n) is 5.05. The molecular weight excluding hydrogens is 340 g/mol. The molecule has 0 amide bonds. The molecule has 0 aliphatic heterocycles. The van der Waals surface area contributed by atoms with Crippen molar-refractivity contribution in [1.29, 1.82) is 0 Å². The Bertz CT molecular complexity index is 773. The summed E-state index contributed by atoms with van der Waals surface area (Å²) in [5, 5.41) is 0. The zero-order valence-corrected chi connectivity index (χ0v) is 15.8. The van der Waals surface area contributed by atoms with Crippen LogP contribution in [-0.2, 0) is 4.74 Å². The molecule has 0 aromatic heterocycles. The highest BCUT2D eigenvalue weighted by Crippen LogP contribution is 2.32. The van der Waals surface area contributed by atoms with E-state index in [1.165, 1.54) is 37.7 Å². The summed E-state index contributed by atoms with van der Waals surface area (Å²) >= 11 is 0. The first-order chi connectivity index (χ1) is 13.2. The van der Waals surface area contributed by atoms with E-state index in [-0.39, 0.29) is 12.4 Å². The van der Waals surface area contributed by atoms with Gasteiger partial charge in [-0.25, -0.2) is 4.79 Å². The van der Waals surface area contributed by atoms with Crippen LogP contribution in [0.15, 0.2) is 48.5 Å². The number of para-hydroxylation sites is 1. The number of esters is 1. The van der Waals surface area contributed by atoms with Crippen LogP contribution in [0.2, 0.25) is 0 Å². The molecule has 1 aliphatic carbocycles. The second kappa shape index (κ2) is 9.36. The largest absolute Gasteiger partial charge is 0.493 e. The van der Waals surface area contributed by atoms with Crippen molar-refractivity contribution in [3.05, 3.63) is 65.2 Å². The van der Waals surface area contributed by atoms with Crippen LogP contribution < -0.4 is 4.74 Å². The monoisotopic (exact) mass is 366 g/mol. The number of hydrogen-bond acceptors (Lipinski definition) is 4. The quantitative estimate of drug-likeness (QED) is 0.501. The standard InChI is InChI=1S/C23H26O4/c1-2-26-22-11-7-6-10-20(22)23(25)27-16-21(24)19-14-12-18(13-15-19)17-8-4-3-5-9-17/h6-7,10-15,17H,2-5,8-9,16H2,1H3. The van der Waals surface area contributed by atoms with Crippen molar-refractivity contribution in [2.75, 3.05) is 13.2 Å². The summed E-state index contributed by atoms with van der Waals surface area (Å²) in [5.74, 6) is 0.323. The lowest BCUT2D eigenvalue weighted by Gasteiger charge is -2.22. The summed E-state index contributed by atoms with van der Waals surface area (Å²) in [4.78, 5) is 24.7. The minimum absolute atomic E-state index is 0.201. The minimum atomic E-state index is -0.550. The van der Waals surface area contributed by atoms with Crippen molar-refractivity contribution in [3.8, 4) is 5.75 Å². The van der Waals surface area contributed by atoms with E-state index in [1.807, 2.05) is 31.2 Å². The molecular formula is C23H26O4. The van der Waals surface area contributed by atoms with Crippen LogP contribution >= 0.6 is 0 Å². The Balaban J connectivity index is 1.58. The zero-order chi connectivity index (χ0) is 19.1. The summed E-state index contributed by atoms with van der Waals surface area (Å²) in [6, 6.07) is 14.6. The molecule has 0 spiro atoms. The van der Waals surface area contributed by atoms with Crippen LogP contribution in [-0.4, -0.2) is 25.0 Å². The number of ketones is 1. The normalized spacial score (nSPS) is 14.6. The van der Waals surface area contributed by atoms with Crippen molar-refractivity contribution >= 4 is 11.8 Å². The zero-order valence-electron chi connectivity index (χ0n) is 15.8. The minimum Gasteiger partial charge on any atom is -0.493 e. The second-order valence-corrected chi connectivity index (χ2v) is 6.89. The molecule has 1 aliphatic rings. The smallest absolute Gasteiger partial charge is 0.342 e. The van der Waals surface area contributed by atoms with Gasteiger partial charge < -0.3 is 9.47 Å². The van der Waals surface area contributed by atoms with Gasteiger partial charge in [0.15, 0.2) is 12.4 Å². The molecule has 27 heavy (non-hydrogen) atoms. The van der Waals surface area contributed by atoms with E-state index < -0.39 is 5.97 Å². The van der Waals surface area contributed by atoms with Crippen LogP contribution in [0.1, 0.15) is 71.2 Å². The fraction of sp³-hybridized carbons (Fsp3) is 0.391. The maximum atomic E-state index is 12.4. The molecule has 0 atom stereocenters. The van der Waals surface area contributed by atoms with Crippen LogP contribution in [0.3, 0.4) is 0 Å². The number of Topliss-reactive ketones (excluding diaryl/α,β-unsaturated/α-hetero) is 1. The number of carbonyl (C=O) groups excluding carboxylic acids is 2. The summed E-state index contributed by atoms with van der Waals surface area (Å²) in [6.45, 7) is 2.03. The highest BCUT2D eigenvalue weighted by atomic mass is 16.5. The van der Waals surface area contributed by atoms with Gasteiger partial charge in [-0.05, 0) is 43.4 Å². The van der Waals surface area contributed by atoms with E-state index in [0.717, 1.165) is 0 Å². The van der Waals surface area contributed by atoms with Gasteiger partial charge in [0.1, 0.15) is 11.3 Å². The maximum absolute atomic E-state index is 12.4. The first-order valence-electron chi connectivity index (χ1n) is 9.71. The van der Waals surface area contributed by atoms with Gasteiger partial charge in [0.05, 0.1) is 6.61 Å². The molecule has 4 heteroatoms. The number of carbonyl (C=O) groups is 2. The average molecular weight is 366 g/mol. The highest BCUT2D eigenvalue weighted by molar-refractivity contribution is 6.00. The molecule has 0 unspecified atom stereocenters. The lowest BCUT2D eigenvalue weighted by atomic mass is 9.84. The van der Waals surface area contributed by atoms with Gasteiger partial charge in [-0.3, -0.25) is 4.79 Å². The van der Waals surface area contributed by atoms with Crippen molar-refractivity contribution < 1.29 is 19.1 Å². The Kier molecular flexibility index (Phi) is 6.64. The van der Waals surface area contributed by atoms with Crippen molar-refractivity contribution in [2.24, 2.45) is 0 Å². The first kappa shape index (κ1) is 19.2. The first-order valence-corrected chi connectivity index (χ1v) is 9.71. The molecule has 0 N–H and O–H groups in total. The molecule has 1 fully saturated rings. The topological polar surface area (TPSA) is 52.6 Å². The summed E-state index contributed by atoms with van der Waals surface area (Å²) in [7, 11) is 0. The van der Waals surface area contributed by atoms with E-state index in [9.17, 15) is 9.59 Å². The van der Waals surface area contributed by atoms with Gasteiger partial charge >= 0.3 is 5.97 Å². The van der Waals surface area contributed by atoms with Gasteiger partial charge in [-0.15, -0.1) is 0 Å². The maximum Gasteiger partial charge on any atom is 0.342 e. The van der Waals surface area contributed by atoms with Gasteiger partial charge in [0, 0.05) is 5.56 Å². The molecule has 3 rings (SSSR count). The van der Waals surface area contributed by atoms with Crippen LogP contribution in [0.5, 0.6) is 5.75 Å². The molecule has 1 saturated carbocycles. The van der Waals surface area contributed by atoms with Crippen LogP contribution in [0.4, 0.5) is 0 Å². The van der Waals surface area contributed by atoms with Gasteiger partial charge in [0.25, 0.3) is 0 Å². The molecule has 0 bridgehead atoms. The second-order valence-electron chi connectivity index (χ2n) is 6.89. The Morgan fingerprint density at radius 2 is 1.67 bits per heavy atom. The predicted octanol–water partition coefficient (Wildman–Crippen LogP) is 5.17. The van der Waals surface area contributed by atoms with Crippen molar-refractivity contribution in [3.63, 3.8) is 0 Å². The number of hydrogen-bond donors (Lipinski definition) is 0. The Hall–Kier alpha value is -2.62. The summed E-state index contributed by atoms with van der Waals surface area (Å²) < 4.78 is 10.6. The third kappa shape index (κ3) is 4.97. The lowest BCUT2D eigenvalue weighted by Crippen LogP contribution is -2.15. The summed E-state index contributed by atoms with van der Waals surface area (Å²) in [5.41, 5.74) is 2.20. The number of ether oxygens (including phenoxy) is 2. The third-order valence-corrected chi connectivity index (χ3v) is 5.05. The Morgan fingerprint density at radius 1 is 0.963 bits per heavy atom. The number of benzene rings is 2. The van der Waals surface area contributed by atoms with E-state index in [1.54, 1.807) is 24.3 Å². The van der Waals surface area contributed by atoms with Crippen molar-refractivity contribution in [1.82, 2.24) is 0 Å². The fourth-order valence-electron chi connectivity index (χ4n) is 3.59. The van der Waals surface area contributed by atoms with Crippen LogP contribution in [0.25, 0.3) is 0 Å². The number of rotatable bonds is 7. The van der Waals surface area contributed by atoms with Crippen molar-refractivity contribution in [2.45, 2.75) is 44.9 Å². The fourth-order valence-corrected chi connectivity index (χ4v) is 3.59. The Labute approximate surface area is 160 Å². The molecule has 0 radical (unpaired) electrons. The molecule has 4 nitrogen and oxygen atoms in total. The van der Waals surface area contributed by atoms with E-state index >= 15 is 0 Å². The van der Waals surface area contributed by atoms with E-state index in [0.29, 0.717) is 29.4 Å². The molecule has 0 saturated heterocycles. The van der Waals surface area contributed by atoms with Gasteiger partial charge in [-0.1, -0.05) is 55.7 Å². The Morgan fingerprint density at radius 3 is 2.37 bits per heavy atom. The van der Waals surface area contributed by atoms with Crippen LogP contribution in [0, 0.1) is 0 Å². The molecule has 0 heterocycles. The lowest BCUT2D eigenvalue weighted by molar-refractivity contribution is 0.0471. The predicted molar refractivity (Wildman–Crippen MR) is 104 cm³/mol. The van der Waals surface area contributed by atoms with Gasteiger partial charge in [0.2, 0.25) is 0 Å². The average Bonchev–Trinajstić information content (AvgIpc) is 2.73. The SMILES string of the molecule is CCOc1ccccc1C(=O)OCC(=O)c1ccc(C2CCCCC2)cc1. The van der Waals surface area contributed by atoms with Gasteiger partial charge in [-0.2, -0.15) is 0 Å². The molecule has 2 aromatic rings. The molecule has 142 valence electrons. The highest BCUT2D eigenvalue weighted by Gasteiger charge is 2.18. The molecule has 2 aromatic carbocycles. The summed E-state index contributed by atoms with van der Waals surface area (Å²) in [6.07, 6.45) is 6.34.